The largest absolute Gasteiger partial charge is 0.368 e. The quantitative estimate of drug-likeness (QED) is 0.274. The first-order valence-corrected chi connectivity index (χ1v) is 10.2. The second kappa shape index (κ2) is 13.1. The predicted molar refractivity (Wildman–Crippen MR) is 97.0 cm³/mol. The number of hydrogen-bond donors (Lipinski definition) is 4. The molecule has 1 unspecified atom stereocenters. The lowest BCUT2D eigenvalue weighted by molar-refractivity contribution is -0.131. The van der Waals surface area contributed by atoms with Crippen molar-refractivity contribution >= 4 is 45.2 Å². The van der Waals surface area contributed by atoms with E-state index in [2.05, 4.69) is 10.6 Å². The number of imide groups is 1. The van der Waals surface area contributed by atoms with Gasteiger partial charge < -0.3 is 16.8 Å². The van der Waals surface area contributed by atoms with Gasteiger partial charge in [-0.05, 0) is 12.8 Å². The summed E-state index contributed by atoms with van der Waals surface area (Å²) in [6.45, 7) is 3.70. The van der Waals surface area contributed by atoms with Crippen molar-refractivity contribution in [3.63, 3.8) is 0 Å². The fourth-order valence-corrected chi connectivity index (χ4v) is 3.82. The van der Waals surface area contributed by atoms with Crippen molar-refractivity contribution in [2.24, 2.45) is 11.5 Å². The molecule has 0 aromatic rings. The molecule has 138 valence electrons. The zero-order valence-electron chi connectivity index (χ0n) is 14.0. The van der Waals surface area contributed by atoms with Gasteiger partial charge in [0.25, 0.3) is 0 Å². The van der Waals surface area contributed by atoms with Gasteiger partial charge in [-0.25, -0.2) is 0 Å². The highest BCUT2D eigenvalue weighted by molar-refractivity contribution is 8.76. The first-order chi connectivity index (χ1) is 11.3. The van der Waals surface area contributed by atoms with Gasteiger partial charge in [0, 0.05) is 24.3 Å². The summed E-state index contributed by atoms with van der Waals surface area (Å²) >= 11 is 0. The number of hydrogen-bond acceptors (Lipinski definition) is 7. The molecule has 0 saturated carbocycles. The SMILES string of the molecule is CCCC(=O)NC(=O)[C@@H](N)CSSCC(NC(=O)CCC)C(N)=O. The number of rotatable bonds is 12. The third kappa shape index (κ3) is 10.5. The molecule has 0 fully saturated rings. The van der Waals surface area contributed by atoms with Crippen LogP contribution >= 0.6 is 21.6 Å². The summed E-state index contributed by atoms with van der Waals surface area (Å²) in [5, 5.41) is 4.80. The normalized spacial score (nSPS) is 13.0. The van der Waals surface area contributed by atoms with Crippen LogP contribution in [-0.4, -0.2) is 47.2 Å². The molecule has 24 heavy (non-hydrogen) atoms. The van der Waals surface area contributed by atoms with E-state index in [1.165, 1.54) is 21.6 Å². The molecule has 0 bridgehead atoms. The Hall–Kier alpha value is -1.26. The fraction of sp³-hybridized carbons (Fsp3) is 0.714. The van der Waals surface area contributed by atoms with E-state index in [1.54, 1.807) is 0 Å². The molecule has 6 N–H and O–H groups in total. The third-order valence-corrected chi connectivity index (χ3v) is 5.25. The van der Waals surface area contributed by atoms with Crippen molar-refractivity contribution in [2.75, 3.05) is 11.5 Å². The molecule has 8 nitrogen and oxygen atoms in total. The van der Waals surface area contributed by atoms with Gasteiger partial charge in [0.1, 0.15) is 6.04 Å². The van der Waals surface area contributed by atoms with Crippen LogP contribution in [0.5, 0.6) is 0 Å². The number of nitrogens with two attached hydrogens (primary N) is 2. The fourth-order valence-electron chi connectivity index (χ4n) is 1.52. The predicted octanol–water partition coefficient (Wildman–Crippen LogP) is -0.0918. The first kappa shape index (κ1) is 22.7. The summed E-state index contributed by atoms with van der Waals surface area (Å²) in [5.41, 5.74) is 11.0. The molecule has 2 atom stereocenters. The van der Waals surface area contributed by atoms with E-state index in [4.69, 9.17) is 11.5 Å². The Labute approximate surface area is 150 Å². The average Bonchev–Trinajstić information content (AvgIpc) is 2.50. The molecule has 0 heterocycles. The van der Waals surface area contributed by atoms with Crippen molar-refractivity contribution < 1.29 is 19.2 Å². The molecule has 4 amide bonds. The van der Waals surface area contributed by atoms with Crippen LogP contribution < -0.4 is 22.1 Å². The molecule has 0 aliphatic carbocycles. The Balaban J connectivity index is 4.10. The average molecular weight is 379 g/mol. The van der Waals surface area contributed by atoms with E-state index < -0.39 is 23.9 Å². The van der Waals surface area contributed by atoms with Gasteiger partial charge in [0.2, 0.25) is 23.6 Å². The first-order valence-electron chi connectivity index (χ1n) is 7.74. The Morgan fingerprint density at radius 2 is 1.50 bits per heavy atom. The highest BCUT2D eigenvalue weighted by Crippen LogP contribution is 2.22. The van der Waals surface area contributed by atoms with Crippen molar-refractivity contribution in [3.8, 4) is 0 Å². The highest BCUT2D eigenvalue weighted by Gasteiger charge is 2.19. The van der Waals surface area contributed by atoms with Gasteiger partial charge in [-0.3, -0.25) is 24.5 Å². The third-order valence-electron chi connectivity index (χ3n) is 2.80. The minimum atomic E-state index is -0.829. The van der Waals surface area contributed by atoms with Gasteiger partial charge in [0.05, 0.1) is 6.04 Å². The molecule has 0 aliphatic heterocycles. The lowest BCUT2D eigenvalue weighted by Gasteiger charge is -2.15. The van der Waals surface area contributed by atoms with Crippen molar-refractivity contribution in [3.05, 3.63) is 0 Å². The Bertz CT molecular complexity index is 448. The van der Waals surface area contributed by atoms with Gasteiger partial charge >= 0.3 is 0 Å². The molecule has 0 saturated heterocycles. The minimum absolute atomic E-state index is 0.225. The molecule has 0 aromatic carbocycles. The zero-order valence-corrected chi connectivity index (χ0v) is 15.6. The van der Waals surface area contributed by atoms with Crippen LogP contribution in [0.1, 0.15) is 39.5 Å². The van der Waals surface area contributed by atoms with E-state index in [1.807, 2.05) is 13.8 Å². The monoisotopic (exact) mass is 378 g/mol. The number of amides is 4. The maximum absolute atomic E-state index is 11.7. The van der Waals surface area contributed by atoms with Crippen LogP contribution in [-0.2, 0) is 19.2 Å². The minimum Gasteiger partial charge on any atom is -0.368 e. The smallest absolute Gasteiger partial charge is 0.244 e. The lowest BCUT2D eigenvalue weighted by Crippen LogP contribution is -2.46. The van der Waals surface area contributed by atoms with E-state index in [0.717, 1.165) is 0 Å². The Morgan fingerprint density at radius 1 is 0.958 bits per heavy atom. The molecule has 0 spiro atoms. The standard InChI is InChI=1S/C14H26N4O4S2/c1-3-5-11(19)17-10(13(16)21)8-24-23-7-9(15)14(22)18-12(20)6-4-2/h9-10H,3-8,15H2,1-2H3,(H2,16,21)(H,17,19)(H,18,20,22)/t9-,10?/m0/s1. The number of primary amides is 1. The van der Waals surface area contributed by atoms with Gasteiger partial charge in [-0.15, -0.1) is 0 Å². The van der Waals surface area contributed by atoms with Crippen LogP contribution in [0.2, 0.25) is 0 Å². The topological polar surface area (TPSA) is 144 Å². The summed E-state index contributed by atoms with van der Waals surface area (Å²) < 4.78 is 0. The molecule has 0 rings (SSSR count). The van der Waals surface area contributed by atoms with Gasteiger partial charge in [-0.1, -0.05) is 35.4 Å². The molecular weight excluding hydrogens is 352 g/mol. The molecule has 0 radical (unpaired) electrons. The van der Waals surface area contributed by atoms with Crippen molar-refractivity contribution in [1.82, 2.24) is 10.6 Å². The van der Waals surface area contributed by atoms with Crippen LogP contribution in [0.25, 0.3) is 0 Å². The van der Waals surface area contributed by atoms with E-state index in [-0.39, 0.29) is 29.7 Å². The molecule has 0 aliphatic rings. The van der Waals surface area contributed by atoms with Crippen LogP contribution in [0.4, 0.5) is 0 Å². The van der Waals surface area contributed by atoms with E-state index in [9.17, 15) is 19.2 Å². The van der Waals surface area contributed by atoms with Crippen LogP contribution in [0, 0.1) is 0 Å². The van der Waals surface area contributed by atoms with Crippen molar-refractivity contribution in [2.45, 2.75) is 51.6 Å². The Morgan fingerprint density at radius 3 is 2.04 bits per heavy atom. The van der Waals surface area contributed by atoms with E-state index >= 15 is 0 Å². The second-order valence-corrected chi connectivity index (χ2v) is 7.66. The highest BCUT2D eigenvalue weighted by atomic mass is 33.1. The van der Waals surface area contributed by atoms with Crippen molar-refractivity contribution in [1.29, 1.82) is 0 Å². The number of carbonyl (C=O) groups is 4. The number of carbonyl (C=O) groups excluding carboxylic acids is 4. The summed E-state index contributed by atoms with van der Waals surface area (Å²) in [6, 6.07) is -1.59. The maximum atomic E-state index is 11.7. The van der Waals surface area contributed by atoms with E-state index in [0.29, 0.717) is 19.3 Å². The van der Waals surface area contributed by atoms with Gasteiger partial charge in [-0.2, -0.15) is 0 Å². The number of nitrogens with one attached hydrogen (secondary N) is 2. The zero-order chi connectivity index (χ0) is 18.5. The Kier molecular flexibility index (Phi) is 12.4. The van der Waals surface area contributed by atoms with Crippen LogP contribution in [0.15, 0.2) is 0 Å². The van der Waals surface area contributed by atoms with Gasteiger partial charge in [0.15, 0.2) is 0 Å². The summed E-state index contributed by atoms with van der Waals surface area (Å²) in [4.78, 5) is 45.8. The maximum Gasteiger partial charge on any atom is 0.244 e. The molecule has 10 heteroatoms. The van der Waals surface area contributed by atoms with Crippen LogP contribution in [0.3, 0.4) is 0 Å². The summed E-state index contributed by atoms with van der Waals surface area (Å²) in [6.07, 6.45) is 1.94. The molecular formula is C14H26N4O4S2. The summed E-state index contributed by atoms with van der Waals surface area (Å²) in [5.74, 6) is -1.16. The molecule has 0 aromatic heterocycles. The summed E-state index contributed by atoms with van der Waals surface area (Å²) in [7, 11) is 2.56. The lowest BCUT2D eigenvalue weighted by atomic mass is 10.2. The second-order valence-electron chi connectivity index (χ2n) is 5.11.